The highest BCUT2D eigenvalue weighted by Gasteiger charge is 2.66. The zero-order valence-corrected chi connectivity index (χ0v) is 16.5. The van der Waals surface area contributed by atoms with E-state index < -0.39 is 97.3 Å². The molecular formula is C19H15N3O11. The minimum atomic E-state index is -2.88. The third kappa shape index (κ3) is 2.80. The number of nitrogens with zero attached hydrogens (tertiary/aromatic N) is 2. The summed E-state index contributed by atoms with van der Waals surface area (Å²) in [7, 11) is 0. The van der Waals surface area contributed by atoms with Gasteiger partial charge in [0.25, 0.3) is 5.69 Å². The Hall–Kier alpha value is -4.07. The molecule has 3 aliphatic rings. The number of nitro groups is 2. The van der Waals surface area contributed by atoms with Crippen LogP contribution in [0, 0.1) is 43.9 Å². The molecule has 0 spiro atoms. The second-order valence-corrected chi connectivity index (χ2v) is 8.37. The van der Waals surface area contributed by atoms with Gasteiger partial charge in [0.2, 0.25) is 11.7 Å². The molecule has 4 rings (SSSR count). The molecule has 0 aliphatic heterocycles. The Morgan fingerprint density at radius 2 is 1.67 bits per heavy atom. The van der Waals surface area contributed by atoms with Gasteiger partial charge in [-0.1, -0.05) is 0 Å². The summed E-state index contributed by atoms with van der Waals surface area (Å²) in [5.74, 6) is -13.6. The Morgan fingerprint density at radius 1 is 1.06 bits per heavy atom. The van der Waals surface area contributed by atoms with Crippen molar-refractivity contribution in [2.24, 2.45) is 29.4 Å². The molecule has 1 aromatic rings. The molecule has 1 amide bonds. The van der Waals surface area contributed by atoms with Crippen molar-refractivity contribution in [3.63, 3.8) is 0 Å². The van der Waals surface area contributed by atoms with Crippen molar-refractivity contribution >= 4 is 40.4 Å². The van der Waals surface area contributed by atoms with Crippen LogP contribution in [0.15, 0.2) is 6.07 Å². The van der Waals surface area contributed by atoms with Crippen molar-refractivity contribution in [2.45, 2.75) is 24.9 Å². The predicted octanol–water partition coefficient (Wildman–Crippen LogP) is -0.857. The average molecular weight is 461 g/mol. The number of phenols is 1. The van der Waals surface area contributed by atoms with Crippen LogP contribution in [-0.4, -0.2) is 54.7 Å². The summed E-state index contributed by atoms with van der Waals surface area (Å²) < 4.78 is 0. The van der Waals surface area contributed by atoms with E-state index >= 15 is 0 Å². The summed E-state index contributed by atoms with van der Waals surface area (Å²) in [6, 6.07) is 0.508. The molecule has 0 bridgehead atoms. The van der Waals surface area contributed by atoms with E-state index in [0.717, 1.165) is 0 Å². The lowest BCUT2D eigenvalue weighted by Gasteiger charge is -2.48. The van der Waals surface area contributed by atoms with Crippen molar-refractivity contribution in [2.75, 3.05) is 0 Å². The maximum absolute atomic E-state index is 13.3. The lowest BCUT2D eigenvalue weighted by atomic mass is 9.54. The third-order valence-corrected chi connectivity index (χ3v) is 6.75. The van der Waals surface area contributed by atoms with Gasteiger partial charge >= 0.3 is 5.69 Å². The van der Waals surface area contributed by atoms with E-state index in [4.69, 9.17) is 5.73 Å². The molecule has 33 heavy (non-hydrogen) atoms. The fourth-order valence-corrected chi connectivity index (χ4v) is 5.30. The van der Waals surface area contributed by atoms with Crippen LogP contribution in [0.4, 0.5) is 11.4 Å². The zero-order chi connectivity index (χ0) is 24.6. The Bertz CT molecular complexity index is 1220. The van der Waals surface area contributed by atoms with E-state index in [1.165, 1.54) is 0 Å². The van der Waals surface area contributed by atoms with Gasteiger partial charge in [0.15, 0.2) is 34.7 Å². The van der Waals surface area contributed by atoms with Gasteiger partial charge in [0.1, 0.15) is 0 Å². The molecule has 4 unspecified atom stereocenters. The van der Waals surface area contributed by atoms with Crippen molar-refractivity contribution in [1.29, 1.82) is 0 Å². The number of Topliss-reactive ketones (excluding diaryl/α,β-unsaturated/α-hetero) is 4. The molecule has 2 saturated carbocycles. The number of hydrogen-bond donors (Lipinski definition) is 3. The number of amides is 1. The molecule has 14 heteroatoms. The first-order chi connectivity index (χ1) is 15.3. The number of ketones is 4. The van der Waals surface area contributed by atoms with Crippen molar-refractivity contribution in [3.8, 4) is 5.75 Å². The molecule has 172 valence electrons. The molecule has 5 atom stereocenters. The quantitative estimate of drug-likeness (QED) is 0.284. The lowest BCUT2D eigenvalue weighted by Crippen LogP contribution is -2.68. The van der Waals surface area contributed by atoms with Gasteiger partial charge in [-0.2, -0.15) is 0 Å². The number of aliphatic hydroxyl groups is 1. The van der Waals surface area contributed by atoms with Crippen LogP contribution in [-0.2, 0) is 25.6 Å². The minimum absolute atomic E-state index is 0.254. The SMILES string of the molecule is NC(=O)C1C(=O)CC2CC3Cc4c([N+](=O)[O-])cc([N+](=O)[O-])c(O)c4C(=O)C3C(=O)[C@]2(O)C1=O. The van der Waals surface area contributed by atoms with Crippen LogP contribution in [0.25, 0.3) is 0 Å². The molecule has 0 saturated heterocycles. The molecule has 2 fully saturated rings. The normalized spacial score (nSPS) is 30.8. The maximum Gasteiger partial charge on any atom is 0.318 e. The van der Waals surface area contributed by atoms with Gasteiger partial charge in [-0.05, 0) is 18.8 Å². The highest BCUT2D eigenvalue weighted by molar-refractivity contribution is 6.31. The van der Waals surface area contributed by atoms with Crippen LogP contribution >= 0.6 is 0 Å². The van der Waals surface area contributed by atoms with Gasteiger partial charge in [0, 0.05) is 17.9 Å². The first-order valence-corrected chi connectivity index (χ1v) is 9.67. The number of nitrogens with two attached hydrogens (primary N) is 1. The number of primary amides is 1. The number of phenolic OH excluding ortho intramolecular Hbond substituents is 1. The van der Waals surface area contributed by atoms with Gasteiger partial charge in [-0.25, -0.2) is 0 Å². The van der Waals surface area contributed by atoms with Gasteiger partial charge in [0.05, 0.1) is 27.4 Å². The molecule has 0 heterocycles. The summed E-state index contributed by atoms with van der Waals surface area (Å²) in [5.41, 5.74) is -0.870. The van der Waals surface area contributed by atoms with Gasteiger partial charge in [-0.15, -0.1) is 0 Å². The van der Waals surface area contributed by atoms with E-state index in [9.17, 15) is 54.4 Å². The summed E-state index contributed by atoms with van der Waals surface area (Å²) in [6.07, 6.45) is -1.16. The number of carbonyl (C=O) groups is 5. The van der Waals surface area contributed by atoms with E-state index in [0.29, 0.717) is 6.07 Å². The number of hydrogen-bond acceptors (Lipinski definition) is 11. The molecule has 14 nitrogen and oxygen atoms in total. The summed E-state index contributed by atoms with van der Waals surface area (Å²) in [6.45, 7) is 0. The van der Waals surface area contributed by atoms with Crippen molar-refractivity contribution in [1.82, 2.24) is 0 Å². The monoisotopic (exact) mass is 461 g/mol. The zero-order valence-electron chi connectivity index (χ0n) is 16.5. The van der Waals surface area contributed by atoms with E-state index in [1.807, 2.05) is 0 Å². The molecule has 3 aliphatic carbocycles. The Balaban J connectivity index is 1.88. The minimum Gasteiger partial charge on any atom is -0.502 e. The number of carbonyl (C=O) groups excluding carboxylic acids is 5. The van der Waals surface area contributed by atoms with E-state index in [1.54, 1.807) is 0 Å². The fourth-order valence-electron chi connectivity index (χ4n) is 5.30. The highest BCUT2D eigenvalue weighted by atomic mass is 16.6. The topological polar surface area (TPSA) is 238 Å². The number of nitro benzene ring substituents is 2. The maximum atomic E-state index is 13.3. The molecule has 1 aromatic carbocycles. The highest BCUT2D eigenvalue weighted by Crippen LogP contribution is 2.52. The number of fused-ring (bicyclic) bond motifs is 3. The fraction of sp³-hybridized carbons (Fsp3) is 0.421. The first kappa shape index (κ1) is 22.1. The van der Waals surface area contributed by atoms with E-state index in [2.05, 4.69) is 0 Å². The summed E-state index contributed by atoms with van der Waals surface area (Å²) in [5, 5.41) is 44.1. The number of benzene rings is 1. The molecule has 0 radical (unpaired) electrons. The van der Waals surface area contributed by atoms with E-state index in [-0.39, 0.29) is 18.4 Å². The standard InChI is InChI=1S/C19H15N3O11/c20-18(28)13-10(23)3-6-1-5-2-7-8(21(30)31)4-9(22(32)33)14(24)12(7)15(25)11(5)16(26)19(6,29)17(13)27/h4-6,11,13,24,29H,1-3H2,(H2,20,28)/t5?,6?,11?,13?,19-/m0/s1. The summed E-state index contributed by atoms with van der Waals surface area (Å²) >= 11 is 0. The van der Waals surface area contributed by atoms with Gasteiger partial charge < -0.3 is 15.9 Å². The number of rotatable bonds is 3. The Kier molecular flexibility index (Phi) is 4.67. The van der Waals surface area contributed by atoms with Crippen molar-refractivity contribution in [3.05, 3.63) is 37.4 Å². The third-order valence-electron chi connectivity index (χ3n) is 6.75. The second-order valence-electron chi connectivity index (χ2n) is 8.37. The second kappa shape index (κ2) is 6.96. The van der Waals surface area contributed by atoms with Crippen LogP contribution in [0.3, 0.4) is 0 Å². The van der Waals surface area contributed by atoms with Gasteiger partial charge in [-0.3, -0.25) is 44.2 Å². The van der Waals surface area contributed by atoms with Crippen molar-refractivity contribution < 1.29 is 44.0 Å². The average Bonchev–Trinajstić information content (AvgIpc) is 2.70. The molecule has 4 N–H and O–H groups in total. The first-order valence-electron chi connectivity index (χ1n) is 9.67. The Morgan fingerprint density at radius 3 is 2.21 bits per heavy atom. The largest absolute Gasteiger partial charge is 0.502 e. The smallest absolute Gasteiger partial charge is 0.318 e. The Labute approximate surface area is 182 Å². The van der Waals surface area contributed by atoms with Crippen LogP contribution in [0.2, 0.25) is 0 Å². The van der Waals surface area contributed by atoms with Crippen LogP contribution in [0.1, 0.15) is 28.8 Å². The summed E-state index contributed by atoms with van der Waals surface area (Å²) in [4.78, 5) is 83.8. The lowest BCUT2D eigenvalue weighted by molar-refractivity contribution is -0.395. The molecular weight excluding hydrogens is 446 g/mol. The van der Waals surface area contributed by atoms with Crippen LogP contribution < -0.4 is 5.73 Å². The molecule has 0 aromatic heterocycles. The van der Waals surface area contributed by atoms with Crippen LogP contribution in [0.5, 0.6) is 5.75 Å². The predicted molar refractivity (Wildman–Crippen MR) is 102 cm³/mol. The number of aromatic hydroxyl groups is 1.